The predicted octanol–water partition coefficient (Wildman–Crippen LogP) is 1.85. The molecule has 0 aliphatic rings. The molecule has 0 aliphatic carbocycles. The number of nitrogens with zero attached hydrogens (tertiary/aromatic N) is 1. The van der Waals surface area contributed by atoms with E-state index in [1.165, 1.54) is 22.3 Å². The lowest BCUT2D eigenvalue weighted by Crippen LogP contribution is -2.34. The van der Waals surface area contributed by atoms with Crippen LogP contribution < -0.4 is 5.73 Å². The number of benzene rings is 1. The minimum absolute atomic E-state index is 0.468. The van der Waals surface area contributed by atoms with Crippen molar-refractivity contribution in [3.8, 4) is 0 Å². The number of hydrogen-bond acceptors (Lipinski definition) is 3. The van der Waals surface area contributed by atoms with E-state index in [2.05, 4.69) is 37.8 Å². The van der Waals surface area contributed by atoms with Crippen molar-refractivity contribution < 1.29 is 9.90 Å². The monoisotopic (exact) mass is 264 g/mol. The quantitative estimate of drug-likeness (QED) is 0.823. The highest BCUT2D eigenvalue weighted by Crippen LogP contribution is 2.18. The van der Waals surface area contributed by atoms with Gasteiger partial charge in [0, 0.05) is 13.1 Å². The smallest absolute Gasteiger partial charge is 0.320 e. The summed E-state index contributed by atoms with van der Waals surface area (Å²) < 4.78 is 0. The molecule has 0 saturated heterocycles. The number of carboxylic acids is 1. The third-order valence-electron chi connectivity index (χ3n) is 3.75. The summed E-state index contributed by atoms with van der Waals surface area (Å²) in [5.74, 6) is -0.934. The maximum atomic E-state index is 10.7. The number of rotatable bonds is 6. The Morgan fingerprint density at radius 1 is 1.32 bits per heavy atom. The summed E-state index contributed by atoms with van der Waals surface area (Å²) >= 11 is 0. The number of aliphatic carboxylic acids is 1. The molecule has 1 aromatic carbocycles. The third kappa shape index (κ3) is 4.33. The average molecular weight is 264 g/mol. The SMILES string of the molecule is Cc1ccc(CN(C)CCC(N)C(=O)O)c(C)c1C. The molecule has 0 radical (unpaired) electrons. The van der Waals surface area contributed by atoms with Crippen molar-refractivity contribution in [3.05, 3.63) is 34.4 Å². The van der Waals surface area contributed by atoms with Crippen molar-refractivity contribution in [2.75, 3.05) is 13.6 Å². The molecule has 4 heteroatoms. The van der Waals surface area contributed by atoms with Crippen LogP contribution in [0, 0.1) is 20.8 Å². The molecule has 4 nitrogen and oxygen atoms in total. The molecule has 0 spiro atoms. The van der Waals surface area contributed by atoms with Crippen LogP contribution in [0.1, 0.15) is 28.7 Å². The summed E-state index contributed by atoms with van der Waals surface area (Å²) in [4.78, 5) is 12.8. The van der Waals surface area contributed by atoms with Gasteiger partial charge >= 0.3 is 5.97 Å². The first kappa shape index (κ1) is 15.7. The zero-order valence-corrected chi connectivity index (χ0v) is 12.2. The van der Waals surface area contributed by atoms with E-state index in [1.807, 2.05) is 7.05 Å². The van der Waals surface area contributed by atoms with Crippen molar-refractivity contribution in [2.24, 2.45) is 5.73 Å². The van der Waals surface area contributed by atoms with Gasteiger partial charge < -0.3 is 15.7 Å². The van der Waals surface area contributed by atoms with Crippen LogP contribution in [0.25, 0.3) is 0 Å². The molecule has 3 N–H and O–H groups in total. The van der Waals surface area contributed by atoms with Crippen molar-refractivity contribution in [2.45, 2.75) is 39.8 Å². The lowest BCUT2D eigenvalue weighted by molar-refractivity contribution is -0.138. The van der Waals surface area contributed by atoms with E-state index in [0.29, 0.717) is 13.0 Å². The largest absolute Gasteiger partial charge is 0.480 e. The molecule has 1 unspecified atom stereocenters. The van der Waals surface area contributed by atoms with Gasteiger partial charge in [0.25, 0.3) is 0 Å². The topological polar surface area (TPSA) is 66.6 Å². The van der Waals surface area contributed by atoms with Crippen LogP contribution in [0.15, 0.2) is 12.1 Å². The van der Waals surface area contributed by atoms with Gasteiger partial charge in [-0.2, -0.15) is 0 Å². The second-order valence-corrected chi connectivity index (χ2v) is 5.26. The first-order valence-corrected chi connectivity index (χ1v) is 6.55. The molecule has 19 heavy (non-hydrogen) atoms. The highest BCUT2D eigenvalue weighted by molar-refractivity contribution is 5.72. The van der Waals surface area contributed by atoms with E-state index in [1.54, 1.807) is 0 Å². The molecule has 0 amide bonds. The predicted molar refractivity (Wildman–Crippen MR) is 77.2 cm³/mol. The van der Waals surface area contributed by atoms with Gasteiger partial charge in [0.2, 0.25) is 0 Å². The summed E-state index contributed by atoms with van der Waals surface area (Å²) in [6, 6.07) is 3.50. The maximum Gasteiger partial charge on any atom is 0.320 e. The van der Waals surface area contributed by atoms with E-state index < -0.39 is 12.0 Å². The van der Waals surface area contributed by atoms with Crippen LogP contribution in [-0.2, 0) is 11.3 Å². The van der Waals surface area contributed by atoms with Crippen molar-refractivity contribution in [3.63, 3.8) is 0 Å². The fourth-order valence-corrected chi connectivity index (χ4v) is 2.04. The van der Waals surface area contributed by atoms with Crippen molar-refractivity contribution >= 4 is 5.97 Å². The van der Waals surface area contributed by atoms with Crippen LogP contribution in [0.5, 0.6) is 0 Å². The molecular weight excluding hydrogens is 240 g/mol. The Kier molecular flexibility index (Phi) is 5.51. The molecule has 1 aromatic rings. The van der Waals surface area contributed by atoms with Gasteiger partial charge in [-0.05, 0) is 56.5 Å². The van der Waals surface area contributed by atoms with Gasteiger partial charge in [0.1, 0.15) is 6.04 Å². The van der Waals surface area contributed by atoms with Crippen LogP contribution in [0.2, 0.25) is 0 Å². The molecule has 0 aromatic heterocycles. The minimum atomic E-state index is -0.934. The van der Waals surface area contributed by atoms with Crippen molar-refractivity contribution in [1.29, 1.82) is 0 Å². The first-order chi connectivity index (χ1) is 8.82. The number of hydrogen-bond donors (Lipinski definition) is 2. The van der Waals surface area contributed by atoms with E-state index in [9.17, 15) is 4.79 Å². The zero-order valence-electron chi connectivity index (χ0n) is 12.2. The minimum Gasteiger partial charge on any atom is -0.480 e. The lowest BCUT2D eigenvalue weighted by atomic mass is 9.98. The van der Waals surface area contributed by atoms with Gasteiger partial charge in [-0.1, -0.05) is 12.1 Å². The first-order valence-electron chi connectivity index (χ1n) is 6.55. The highest BCUT2D eigenvalue weighted by atomic mass is 16.4. The van der Waals surface area contributed by atoms with Gasteiger partial charge in [-0.15, -0.1) is 0 Å². The van der Waals surface area contributed by atoms with E-state index in [4.69, 9.17) is 10.8 Å². The molecule has 0 aliphatic heterocycles. The summed E-state index contributed by atoms with van der Waals surface area (Å²) in [5.41, 5.74) is 10.7. The Morgan fingerprint density at radius 2 is 1.95 bits per heavy atom. The average Bonchev–Trinajstić information content (AvgIpc) is 2.36. The second kappa shape index (κ2) is 6.68. The number of carboxylic acid groups (broad SMARTS) is 1. The zero-order chi connectivity index (χ0) is 14.6. The van der Waals surface area contributed by atoms with Gasteiger partial charge in [0.15, 0.2) is 0 Å². The Morgan fingerprint density at radius 3 is 2.53 bits per heavy atom. The highest BCUT2D eigenvalue weighted by Gasteiger charge is 2.13. The summed E-state index contributed by atoms with van der Waals surface area (Å²) in [6.07, 6.45) is 0.468. The maximum absolute atomic E-state index is 10.7. The third-order valence-corrected chi connectivity index (χ3v) is 3.75. The lowest BCUT2D eigenvalue weighted by Gasteiger charge is -2.20. The standard InChI is InChI=1S/C15H24N2O2/c1-10-5-6-13(12(3)11(10)2)9-17(4)8-7-14(16)15(18)19/h5-6,14H,7-9,16H2,1-4H3,(H,18,19). The van der Waals surface area contributed by atoms with Crippen LogP contribution >= 0.6 is 0 Å². The molecule has 0 bridgehead atoms. The Labute approximate surface area is 115 Å². The molecule has 106 valence electrons. The van der Waals surface area contributed by atoms with Crippen molar-refractivity contribution in [1.82, 2.24) is 4.90 Å². The van der Waals surface area contributed by atoms with E-state index in [0.717, 1.165) is 6.54 Å². The second-order valence-electron chi connectivity index (χ2n) is 5.26. The molecule has 0 saturated carbocycles. The van der Waals surface area contributed by atoms with Crippen LogP contribution in [0.4, 0.5) is 0 Å². The molecule has 1 atom stereocenters. The Hall–Kier alpha value is -1.39. The molecular formula is C15H24N2O2. The Balaban J connectivity index is 2.60. The van der Waals surface area contributed by atoms with Gasteiger partial charge in [0.05, 0.1) is 0 Å². The Bertz CT molecular complexity index is 458. The fraction of sp³-hybridized carbons (Fsp3) is 0.533. The number of aryl methyl sites for hydroxylation is 1. The number of nitrogens with two attached hydrogens (primary N) is 1. The van der Waals surface area contributed by atoms with E-state index >= 15 is 0 Å². The normalized spacial score (nSPS) is 12.7. The number of carbonyl (C=O) groups is 1. The molecule has 1 rings (SSSR count). The van der Waals surface area contributed by atoms with Crippen LogP contribution in [0.3, 0.4) is 0 Å². The van der Waals surface area contributed by atoms with Gasteiger partial charge in [-0.3, -0.25) is 4.79 Å². The van der Waals surface area contributed by atoms with Crippen LogP contribution in [-0.4, -0.2) is 35.6 Å². The molecule has 0 heterocycles. The van der Waals surface area contributed by atoms with Gasteiger partial charge in [-0.25, -0.2) is 0 Å². The summed E-state index contributed by atoms with van der Waals surface area (Å²) in [6.45, 7) is 7.88. The summed E-state index contributed by atoms with van der Waals surface area (Å²) in [5, 5.41) is 8.75. The fourth-order valence-electron chi connectivity index (χ4n) is 2.04. The summed E-state index contributed by atoms with van der Waals surface area (Å²) in [7, 11) is 1.99. The molecule has 0 fully saturated rings. The van der Waals surface area contributed by atoms with E-state index in [-0.39, 0.29) is 0 Å².